The first kappa shape index (κ1) is 21.4. The van der Waals surface area contributed by atoms with Crippen LogP contribution in [0.25, 0.3) is 0 Å². The molecule has 8 nitrogen and oxygen atoms in total. The van der Waals surface area contributed by atoms with Gasteiger partial charge in [0.2, 0.25) is 0 Å². The Kier molecular flexibility index (Phi) is 6.08. The van der Waals surface area contributed by atoms with E-state index in [0.29, 0.717) is 17.0 Å². The Morgan fingerprint density at radius 1 is 1.21 bits per heavy atom. The van der Waals surface area contributed by atoms with Crippen LogP contribution in [0.4, 0.5) is 5.69 Å². The molecule has 28 heavy (non-hydrogen) atoms. The summed E-state index contributed by atoms with van der Waals surface area (Å²) >= 11 is 0. The molecule has 9 heteroatoms. The normalized spacial score (nSPS) is 17.2. The number of nitrogens with zero attached hydrogens (tertiary/aromatic N) is 1. The van der Waals surface area contributed by atoms with Crippen molar-refractivity contribution in [3.63, 3.8) is 0 Å². The minimum absolute atomic E-state index is 0.0361. The minimum Gasteiger partial charge on any atom is -0.478 e. The van der Waals surface area contributed by atoms with E-state index in [9.17, 15) is 24.8 Å². The maximum atomic E-state index is 12.9. The molecular weight excluding hydrogens is 380 g/mol. The van der Waals surface area contributed by atoms with Crippen molar-refractivity contribution in [1.82, 2.24) is 5.32 Å². The second-order valence-electron chi connectivity index (χ2n) is 7.93. The summed E-state index contributed by atoms with van der Waals surface area (Å²) in [5.74, 6) is -2.78. The highest BCUT2D eigenvalue weighted by atomic mass is 28.3. The van der Waals surface area contributed by atoms with Gasteiger partial charge in [0, 0.05) is 23.5 Å². The van der Waals surface area contributed by atoms with E-state index in [-0.39, 0.29) is 23.1 Å². The molecule has 1 aromatic carbocycles. The Morgan fingerprint density at radius 2 is 1.82 bits per heavy atom. The van der Waals surface area contributed by atoms with Crippen molar-refractivity contribution >= 4 is 25.7 Å². The van der Waals surface area contributed by atoms with Gasteiger partial charge < -0.3 is 15.2 Å². The van der Waals surface area contributed by atoms with Gasteiger partial charge in [-0.2, -0.15) is 0 Å². The summed E-state index contributed by atoms with van der Waals surface area (Å²) in [6.45, 7) is 9.40. The molecule has 0 aliphatic carbocycles. The molecule has 1 unspecified atom stereocenters. The minimum atomic E-state index is -1.69. The Hall–Kier alpha value is -2.94. The fraction of sp³-hybridized carbons (Fsp3) is 0.368. The highest BCUT2D eigenvalue weighted by Gasteiger charge is 2.38. The number of nitrogens with one attached hydrogen (secondary N) is 1. The number of nitro groups is 1. The number of esters is 1. The molecule has 0 saturated heterocycles. The topological polar surface area (TPSA) is 119 Å². The van der Waals surface area contributed by atoms with E-state index in [1.54, 1.807) is 19.9 Å². The van der Waals surface area contributed by atoms with Gasteiger partial charge in [0.25, 0.3) is 5.69 Å². The average Bonchev–Trinajstić information content (AvgIpc) is 2.58. The third-order valence-corrected chi connectivity index (χ3v) is 5.27. The number of rotatable bonds is 6. The van der Waals surface area contributed by atoms with Gasteiger partial charge >= 0.3 is 11.9 Å². The highest BCUT2D eigenvalue weighted by molar-refractivity contribution is 6.76. The molecule has 150 valence electrons. The zero-order valence-electron chi connectivity index (χ0n) is 16.5. The number of allylic oxidation sites excluding steroid dienone is 2. The fourth-order valence-corrected chi connectivity index (χ4v) is 3.62. The lowest BCUT2D eigenvalue weighted by atomic mass is 9.80. The predicted octanol–water partition coefficient (Wildman–Crippen LogP) is 3.33. The van der Waals surface area contributed by atoms with Crippen molar-refractivity contribution in [2.75, 3.05) is 6.23 Å². The summed E-state index contributed by atoms with van der Waals surface area (Å²) in [6, 6.07) is 5.68. The molecule has 1 aromatic rings. The van der Waals surface area contributed by atoms with Crippen LogP contribution in [0.1, 0.15) is 25.3 Å². The first-order valence-electron chi connectivity index (χ1n) is 8.75. The summed E-state index contributed by atoms with van der Waals surface area (Å²) < 4.78 is 5.48. The fourth-order valence-electron chi connectivity index (χ4n) is 3.06. The summed E-state index contributed by atoms with van der Waals surface area (Å²) in [7, 11) is -1.69. The van der Waals surface area contributed by atoms with E-state index in [1.165, 1.54) is 18.2 Å². The van der Waals surface area contributed by atoms with Crippen molar-refractivity contribution in [2.24, 2.45) is 0 Å². The summed E-state index contributed by atoms with van der Waals surface area (Å²) in [5, 5.41) is 23.9. The van der Waals surface area contributed by atoms with Gasteiger partial charge in [0.15, 0.2) is 0 Å². The van der Waals surface area contributed by atoms with Crippen molar-refractivity contribution in [1.29, 1.82) is 0 Å². The van der Waals surface area contributed by atoms with Crippen LogP contribution in [0.3, 0.4) is 0 Å². The van der Waals surface area contributed by atoms with Gasteiger partial charge in [0.05, 0.1) is 36.3 Å². The lowest BCUT2D eigenvalue weighted by Gasteiger charge is -2.30. The largest absolute Gasteiger partial charge is 0.478 e. The number of hydrogen-bond acceptors (Lipinski definition) is 6. The van der Waals surface area contributed by atoms with Crippen LogP contribution < -0.4 is 5.32 Å². The number of benzene rings is 1. The molecular formula is C19H24N2O6Si. The van der Waals surface area contributed by atoms with Gasteiger partial charge in [-0.25, -0.2) is 9.59 Å². The first-order valence-corrected chi connectivity index (χ1v) is 12.5. The highest BCUT2D eigenvalue weighted by Crippen LogP contribution is 2.39. The number of nitro benzene ring substituents is 1. The van der Waals surface area contributed by atoms with Crippen LogP contribution >= 0.6 is 0 Å². The van der Waals surface area contributed by atoms with Crippen LogP contribution in [0, 0.1) is 10.1 Å². The van der Waals surface area contributed by atoms with Gasteiger partial charge in [-0.15, -0.1) is 0 Å². The van der Waals surface area contributed by atoms with E-state index in [4.69, 9.17) is 4.74 Å². The van der Waals surface area contributed by atoms with Crippen LogP contribution in [0.2, 0.25) is 19.6 Å². The molecule has 0 radical (unpaired) electrons. The number of aliphatic carboxylic acids is 1. The molecule has 0 fully saturated rings. The van der Waals surface area contributed by atoms with Crippen molar-refractivity contribution in [3.05, 3.63) is 62.5 Å². The van der Waals surface area contributed by atoms with E-state index >= 15 is 0 Å². The Bertz CT molecular complexity index is 898. The van der Waals surface area contributed by atoms with Crippen LogP contribution in [-0.2, 0) is 14.3 Å². The molecule has 1 atom stereocenters. The first-order chi connectivity index (χ1) is 12.9. The molecule has 0 aromatic heterocycles. The molecule has 1 aliphatic heterocycles. The SMILES string of the molecule is CC1=C(C(=O)O)C(c2cccc([N+](=O)[O-])c2)C(C(=O)OC[Si](C)(C)C)=C(C)N1. The number of carbonyl (C=O) groups is 2. The third kappa shape index (κ3) is 4.66. The van der Waals surface area contributed by atoms with E-state index in [0.717, 1.165) is 0 Å². The number of carboxylic acids is 1. The summed E-state index contributed by atoms with van der Waals surface area (Å²) in [6.07, 6.45) is 0.287. The summed E-state index contributed by atoms with van der Waals surface area (Å²) in [4.78, 5) is 35.5. The van der Waals surface area contributed by atoms with Crippen LogP contribution in [-0.4, -0.2) is 36.3 Å². The second-order valence-corrected chi connectivity index (χ2v) is 13.3. The zero-order chi connectivity index (χ0) is 21.2. The maximum absolute atomic E-state index is 12.9. The molecule has 1 heterocycles. The lowest BCUT2D eigenvalue weighted by Crippen LogP contribution is -2.35. The Labute approximate surface area is 164 Å². The standard InChI is InChI=1S/C19H24N2O6Si/c1-11-15(18(22)23)17(13-7-6-8-14(9-13)21(25)26)16(12(2)20-11)19(24)27-10-28(3,4)5/h6-9,17,20H,10H2,1-5H3,(H,22,23). The number of hydrogen-bond donors (Lipinski definition) is 2. The van der Waals surface area contributed by atoms with E-state index < -0.39 is 30.9 Å². The van der Waals surface area contributed by atoms with Gasteiger partial charge in [0.1, 0.15) is 0 Å². The number of non-ortho nitro benzene ring substituents is 1. The van der Waals surface area contributed by atoms with Gasteiger partial charge in [-0.05, 0) is 19.4 Å². The maximum Gasteiger partial charge on any atom is 0.336 e. The third-order valence-electron chi connectivity index (χ3n) is 4.26. The van der Waals surface area contributed by atoms with Crippen molar-refractivity contribution < 1.29 is 24.4 Å². The molecule has 1 aliphatic rings. The zero-order valence-corrected chi connectivity index (χ0v) is 17.5. The number of ether oxygens (including phenoxy) is 1. The van der Waals surface area contributed by atoms with E-state index in [2.05, 4.69) is 5.32 Å². The van der Waals surface area contributed by atoms with Gasteiger partial charge in [-0.3, -0.25) is 10.1 Å². The molecule has 0 amide bonds. The molecule has 0 saturated carbocycles. The van der Waals surface area contributed by atoms with Crippen molar-refractivity contribution in [3.8, 4) is 0 Å². The quantitative estimate of drug-likeness (QED) is 0.323. The predicted molar refractivity (Wildman–Crippen MR) is 106 cm³/mol. The molecule has 2 rings (SSSR count). The Morgan fingerprint density at radius 3 is 2.36 bits per heavy atom. The number of carbonyl (C=O) groups excluding carboxylic acids is 1. The lowest BCUT2D eigenvalue weighted by molar-refractivity contribution is -0.384. The number of dihydropyridines is 1. The molecule has 0 spiro atoms. The smallest absolute Gasteiger partial charge is 0.336 e. The Balaban J connectivity index is 2.59. The number of carboxylic acid groups (broad SMARTS) is 1. The average molecular weight is 404 g/mol. The summed E-state index contributed by atoms with van der Waals surface area (Å²) in [5.41, 5.74) is 1.15. The van der Waals surface area contributed by atoms with Crippen molar-refractivity contribution in [2.45, 2.75) is 39.4 Å². The molecule has 2 N–H and O–H groups in total. The van der Waals surface area contributed by atoms with Crippen LogP contribution in [0.15, 0.2) is 46.8 Å². The second kappa shape index (κ2) is 7.97. The molecule has 0 bridgehead atoms. The van der Waals surface area contributed by atoms with E-state index in [1.807, 2.05) is 19.6 Å². The van der Waals surface area contributed by atoms with Crippen LogP contribution in [0.5, 0.6) is 0 Å². The monoisotopic (exact) mass is 404 g/mol. The van der Waals surface area contributed by atoms with Gasteiger partial charge in [-0.1, -0.05) is 31.8 Å².